The molecule has 1 aliphatic carbocycles. The SMILES string of the molecule is O=[P+](O)OCC1c2ccccc2-c2ccccc21. The van der Waals surface area contributed by atoms with E-state index in [1.807, 2.05) is 36.4 Å². The molecule has 3 nitrogen and oxygen atoms in total. The van der Waals surface area contributed by atoms with Crippen molar-refractivity contribution in [2.45, 2.75) is 5.92 Å². The van der Waals surface area contributed by atoms with Crippen molar-refractivity contribution in [3.8, 4) is 11.1 Å². The Kier molecular flexibility index (Phi) is 2.96. The summed E-state index contributed by atoms with van der Waals surface area (Å²) < 4.78 is 15.6. The molecule has 0 amide bonds. The molecule has 4 heteroatoms. The van der Waals surface area contributed by atoms with Gasteiger partial charge in [-0.2, -0.15) is 0 Å². The Balaban J connectivity index is 2.06. The first-order valence-electron chi connectivity index (χ1n) is 5.74. The van der Waals surface area contributed by atoms with E-state index in [2.05, 4.69) is 12.1 Å². The molecule has 0 aliphatic heterocycles. The fraction of sp³-hybridized carbons (Fsp3) is 0.143. The zero-order valence-corrected chi connectivity index (χ0v) is 10.5. The molecule has 1 atom stereocenters. The van der Waals surface area contributed by atoms with E-state index in [0.29, 0.717) is 0 Å². The van der Waals surface area contributed by atoms with E-state index in [-0.39, 0.29) is 12.5 Å². The number of hydrogen-bond donors (Lipinski definition) is 1. The number of rotatable bonds is 3. The lowest BCUT2D eigenvalue weighted by Crippen LogP contribution is -2.03. The van der Waals surface area contributed by atoms with Gasteiger partial charge in [0.1, 0.15) is 6.61 Å². The second-order valence-corrected chi connectivity index (χ2v) is 4.99. The minimum atomic E-state index is -2.55. The summed E-state index contributed by atoms with van der Waals surface area (Å²) >= 11 is 0. The summed E-state index contributed by atoms with van der Waals surface area (Å²) in [7, 11) is -2.55. The molecule has 1 aliphatic rings. The first-order chi connectivity index (χ1) is 8.77. The van der Waals surface area contributed by atoms with Gasteiger partial charge >= 0.3 is 8.25 Å². The molecule has 0 fully saturated rings. The maximum atomic E-state index is 10.7. The highest BCUT2D eigenvalue weighted by molar-refractivity contribution is 7.32. The third-order valence-corrected chi connectivity index (χ3v) is 3.68. The maximum Gasteiger partial charge on any atom is 0.694 e. The Bertz CT molecular complexity index is 564. The Morgan fingerprint density at radius 2 is 1.50 bits per heavy atom. The van der Waals surface area contributed by atoms with Gasteiger partial charge in [-0.15, -0.1) is 9.42 Å². The van der Waals surface area contributed by atoms with Crippen molar-refractivity contribution in [3.63, 3.8) is 0 Å². The van der Waals surface area contributed by atoms with Crippen LogP contribution in [-0.2, 0) is 9.09 Å². The minimum Gasteiger partial charge on any atom is -0.133 e. The van der Waals surface area contributed by atoms with E-state index in [0.717, 1.165) is 11.1 Å². The van der Waals surface area contributed by atoms with Gasteiger partial charge in [-0.1, -0.05) is 48.5 Å². The summed E-state index contributed by atoms with van der Waals surface area (Å²) in [4.78, 5) is 8.80. The lowest BCUT2D eigenvalue weighted by Gasteiger charge is -2.08. The van der Waals surface area contributed by atoms with Gasteiger partial charge < -0.3 is 0 Å². The van der Waals surface area contributed by atoms with Crippen molar-refractivity contribution in [1.82, 2.24) is 0 Å². The third-order valence-electron chi connectivity index (χ3n) is 3.31. The zero-order chi connectivity index (χ0) is 12.5. The highest BCUT2D eigenvalue weighted by Gasteiger charge is 2.30. The van der Waals surface area contributed by atoms with E-state index in [9.17, 15) is 4.57 Å². The van der Waals surface area contributed by atoms with Gasteiger partial charge in [-0.05, 0) is 22.3 Å². The van der Waals surface area contributed by atoms with Gasteiger partial charge in [0.05, 0.1) is 0 Å². The lowest BCUT2D eigenvalue weighted by atomic mass is 9.98. The first-order valence-corrected chi connectivity index (χ1v) is 6.87. The maximum absolute atomic E-state index is 10.7. The molecule has 2 aromatic carbocycles. The van der Waals surface area contributed by atoms with Crippen LogP contribution in [0.15, 0.2) is 48.5 Å². The van der Waals surface area contributed by atoms with Crippen molar-refractivity contribution in [1.29, 1.82) is 0 Å². The molecule has 0 bridgehead atoms. The average Bonchev–Trinajstić information content (AvgIpc) is 2.71. The van der Waals surface area contributed by atoms with Crippen LogP contribution in [0.1, 0.15) is 17.0 Å². The summed E-state index contributed by atoms with van der Waals surface area (Å²) in [5.74, 6) is 0.0449. The molecule has 0 saturated heterocycles. The van der Waals surface area contributed by atoms with Crippen LogP contribution in [0, 0.1) is 0 Å². The second-order valence-electron chi connectivity index (χ2n) is 4.26. The van der Waals surface area contributed by atoms with Gasteiger partial charge in [0, 0.05) is 10.5 Å². The number of hydrogen-bond acceptors (Lipinski definition) is 2. The molecule has 1 N–H and O–H groups in total. The molecule has 0 spiro atoms. The molecule has 0 saturated carbocycles. The quantitative estimate of drug-likeness (QED) is 0.858. The van der Waals surface area contributed by atoms with Crippen LogP contribution < -0.4 is 0 Å². The largest absolute Gasteiger partial charge is 0.694 e. The number of fused-ring (bicyclic) bond motifs is 3. The fourth-order valence-electron chi connectivity index (χ4n) is 2.58. The average molecular weight is 259 g/mol. The third kappa shape index (κ3) is 1.87. The van der Waals surface area contributed by atoms with E-state index in [1.54, 1.807) is 0 Å². The van der Waals surface area contributed by atoms with Gasteiger partial charge in [-0.25, -0.2) is 0 Å². The van der Waals surface area contributed by atoms with Crippen molar-refractivity contribution < 1.29 is 14.0 Å². The molecular formula is C14H12O3P+. The lowest BCUT2D eigenvalue weighted by molar-refractivity contribution is 0.273. The van der Waals surface area contributed by atoms with Crippen LogP contribution in [0.5, 0.6) is 0 Å². The molecule has 0 aromatic heterocycles. The fourth-order valence-corrected chi connectivity index (χ4v) is 2.85. The molecule has 90 valence electrons. The Morgan fingerprint density at radius 3 is 2.00 bits per heavy atom. The van der Waals surface area contributed by atoms with Gasteiger partial charge in [0.25, 0.3) is 0 Å². The van der Waals surface area contributed by atoms with Crippen LogP contribution in [-0.4, -0.2) is 11.5 Å². The predicted octanol–water partition coefficient (Wildman–Crippen LogP) is 3.47. The van der Waals surface area contributed by atoms with Crippen molar-refractivity contribution in [2.24, 2.45) is 0 Å². The van der Waals surface area contributed by atoms with Crippen molar-refractivity contribution in [3.05, 3.63) is 59.7 Å². The highest BCUT2D eigenvalue weighted by atomic mass is 31.1. The molecule has 3 rings (SSSR count). The van der Waals surface area contributed by atoms with E-state index in [1.165, 1.54) is 11.1 Å². The number of benzene rings is 2. The van der Waals surface area contributed by atoms with Crippen LogP contribution in [0.25, 0.3) is 11.1 Å². The second kappa shape index (κ2) is 4.62. The molecule has 0 heterocycles. The summed E-state index contributed by atoms with van der Waals surface area (Å²) in [6.07, 6.45) is 0. The van der Waals surface area contributed by atoms with Crippen LogP contribution >= 0.6 is 8.25 Å². The van der Waals surface area contributed by atoms with E-state index >= 15 is 0 Å². The standard InChI is InChI=1S/C14H11O3P/c15-18(16)17-9-14-12-7-3-1-5-10(12)11-6-2-4-8-13(11)14/h1-8,14H,9H2/p+1. The van der Waals surface area contributed by atoms with Gasteiger partial charge in [0.2, 0.25) is 0 Å². The monoisotopic (exact) mass is 259 g/mol. The topological polar surface area (TPSA) is 46.5 Å². The van der Waals surface area contributed by atoms with Gasteiger partial charge in [0.15, 0.2) is 0 Å². The summed E-state index contributed by atoms with van der Waals surface area (Å²) in [5.41, 5.74) is 4.70. The molecular weight excluding hydrogens is 247 g/mol. The first kappa shape index (κ1) is 11.5. The van der Waals surface area contributed by atoms with E-state index in [4.69, 9.17) is 9.42 Å². The van der Waals surface area contributed by atoms with Crippen LogP contribution in [0.2, 0.25) is 0 Å². The Morgan fingerprint density at radius 1 is 1.00 bits per heavy atom. The highest BCUT2D eigenvalue weighted by Crippen LogP contribution is 2.45. The molecule has 0 radical (unpaired) electrons. The summed E-state index contributed by atoms with van der Waals surface area (Å²) in [6, 6.07) is 16.2. The molecule has 2 aromatic rings. The smallest absolute Gasteiger partial charge is 0.133 e. The Labute approximate surface area is 106 Å². The normalized spacial score (nSPS) is 14.2. The summed E-state index contributed by atoms with van der Waals surface area (Å²) in [6.45, 7) is 0.236. The van der Waals surface area contributed by atoms with Crippen LogP contribution in [0.3, 0.4) is 0 Å². The minimum absolute atomic E-state index is 0.0449. The van der Waals surface area contributed by atoms with Crippen molar-refractivity contribution in [2.75, 3.05) is 6.61 Å². The summed E-state index contributed by atoms with van der Waals surface area (Å²) in [5, 5.41) is 0. The zero-order valence-electron chi connectivity index (χ0n) is 9.61. The molecule has 1 unspecified atom stereocenters. The molecule has 18 heavy (non-hydrogen) atoms. The van der Waals surface area contributed by atoms with Gasteiger partial charge in [-0.3, -0.25) is 0 Å². The van der Waals surface area contributed by atoms with Crippen molar-refractivity contribution >= 4 is 8.25 Å². The van der Waals surface area contributed by atoms with E-state index < -0.39 is 8.25 Å². The predicted molar refractivity (Wildman–Crippen MR) is 69.5 cm³/mol. The van der Waals surface area contributed by atoms with Crippen LogP contribution in [0.4, 0.5) is 0 Å². The Hall–Kier alpha value is -1.54.